The molecule has 0 aliphatic rings. The van der Waals surface area contributed by atoms with Crippen molar-refractivity contribution < 1.29 is 22.3 Å². The quantitative estimate of drug-likeness (QED) is 0.0891. The molecule has 16 heteroatoms. The van der Waals surface area contributed by atoms with Crippen LogP contribution in [0, 0.1) is 11.0 Å². The number of nitrogens with zero attached hydrogens (tertiary/aromatic N) is 9. The summed E-state index contributed by atoms with van der Waals surface area (Å²) in [6.07, 6.45) is 7.20. The van der Waals surface area contributed by atoms with Crippen molar-refractivity contribution >= 4 is 19.9 Å². The van der Waals surface area contributed by atoms with Gasteiger partial charge in [-0.1, -0.05) is 32.4 Å². The second kappa shape index (κ2) is 12.3. The van der Waals surface area contributed by atoms with Crippen LogP contribution in [-0.4, -0.2) is 53.7 Å². The number of hydrogen-bond acceptors (Lipinski definition) is 7. The van der Waals surface area contributed by atoms with E-state index in [-0.39, 0.29) is 38.3 Å². The average Bonchev–Trinajstić information content (AvgIpc) is 3.74. The van der Waals surface area contributed by atoms with Crippen LogP contribution >= 0.6 is 11.6 Å². The van der Waals surface area contributed by atoms with Gasteiger partial charge in [0.25, 0.3) is 0 Å². The third-order valence-electron chi connectivity index (χ3n) is 8.34. The van der Waals surface area contributed by atoms with Crippen molar-refractivity contribution in [1.29, 1.82) is 0 Å². The Balaban J connectivity index is 1.60. The SMILES string of the molecule is CC(C)(CC(c1ccc(-c2c(-n3cnnn3)ccc(Cl)c2F)c[n+]1[O-])n1cc(-c2ccnn2C(F)F)cn1)O[Si](C)(C)C(C)(C)C. The van der Waals surface area contributed by atoms with Crippen LogP contribution in [0.3, 0.4) is 0 Å². The summed E-state index contributed by atoms with van der Waals surface area (Å²) < 4.78 is 53.6. The minimum Gasteiger partial charge on any atom is -0.618 e. The number of alkyl halides is 2. The van der Waals surface area contributed by atoms with E-state index in [2.05, 4.69) is 59.6 Å². The first-order valence-electron chi connectivity index (χ1n) is 14.5. The van der Waals surface area contributed by atoms with Gasteiger partial charge in [0.05, 0.1) is 39.3 Å². The predicted octanol–water partition coefficient (Wildman–Crippen LogP) is 6.99. The van der Waals surface area contributed by atoms with Gasteiger partial charge in [-0.2, -0.15) is 28.4 Å². The monoisotopic (exact) mass is 673 g/mol. The van der Waals surface area contributed by atoms with Crippen LogP contribution in [0.15, 0.2) is 61.4 Å². The highest BCUT2D eigenvalue weighted by Gasteiger charge is 2.43. The zero-order valence-electron chi connectivity index (χ0n) is 26.5. The van der Waals surface area contributed by atoms with E-state index in [0.29, 0.717) is 21.4 Å². The smallest absolute Gasteiger partial charge is 0.333 e. The Hall–Kier alpha value is -4.08. The molecule has 1 aromatic carbocycles. The fraction of sp³-hybridized carbons (Fsp3) is 0.400. The molecule has 11 nitrogen and oxygen atoms in total. The standard InChI is InChI=1S/C30H35ClF3N9O2Si/c1-29(2,3)46(6,7)45-30(4,5)14-25(40-16-20(15-37-40)22-12-13-36-43(22)28(33)34)23-10-8-19(17-42(23)44)26-24(41-18-35-38-39-41)11-9-21(31)27(26)32/h8-13,15-18,25,28H,14H2,1-7H3. The van der Waals surface area contributed by atoms with Gasteiger partial charge >= 0.3 is 6.55 Å². The molecule has 1 unspecified atom stereocenters. The Labute approximate surface area is 270 Å². The molecule has 46 heavy (non-hydrogen) atoms. The molecule has 0 N–H and O–H groups in total. The van der Waals surface area contributed by atoms with Gasteiger partial charge in [-0.25, -0.2) is 9.07 Å². The van der Waals surface area contributed by atoms with Gasteiger partial charge < -0.3 is 9.63 Å². The molecule has 0 aliphatic heterocycles. The summed E-state index contributed by atoms with van der Waals surface area (Å²) in [7, 11) is -2.26. The highest BCUT2D eigenvalue weighted by molar-refractivity contribution is 6.74. The van der Waals surface area contributed by atoms with E-state index < -0.39 is 32.3 Å². The van der Waals surface area contributed by atoms with E-state index in [9.17, 15) is 14.0 Å². The van der Waals surface area contributed by atoms with Crippen molar-refractivity contribution in [2.24, 2.45) is 0 Å². The minimum absolute atomic E-state index is 0.0377. The summed E-state index contributed by atoms with van der Waals surface area (Å²) in [5.41, 5.74) is 0.674. The lowest BCUT2D eigenvalue weighted by Crippen LogP contribution is -2.48. The zero-order valence-corrected chi connectivity index (χ0v) is 28.2. The molecule has 0 saturated carbocycles. The molecule has 5 rings (SSSR count). The maximum Gasteiger partial charge on any atom is 0.333 e. The summed E-state index contributed by atoms with van der Waals surface area (Å²) >= 11 is 6.14. The molecule has 244 valence electrons. The Kier molecular flexibility index (Phi) is 8.87. The van der Waals surface area contributed by atoms with E-state index in [1.54, 1.807) is 29.1 Å². The van der Waals surface area contributed by atoms with Crippen LogP contribution in [0.1, 0.15) is 59.3 Å². The summed E-state index contributed by atoms with van der Waals surface area (Å²) in [5.74, 6) is -0.741. The molecular formula is C30H35ClF3N9O2Si. The average molecular weight is 674 g/mol. The zero-order chi connectivity index (χ0) is 33.6. The number of hydrogen-bond donors (Lipinski definition) is 0. The maximum absolute atomic E-state index is 15.5. The molecule has 5 aromatic rings. The lowest BCUT2D eigenvalue weighted by molar-refractivity contribution is -0.615. The topological polar surface area (TPSA) is 115 Å². The van der Waals surface area contributed by atoms with E-state index in [1.807, 2.05) is 13.8 Å². The van der Waals surface area contributed by atoms with E-state index in [4.69, 9.17) is 16.0 Å². The van der Waals surface area contributed by atoms with Gasteiger partial charge in [0.1, 0.15) is 12.4 Å². The predicted molar refractivity (Wildman–Crippen MR) is 168 cm³/mol. The molecule has 0 bridgehead atoms. The van der Waals surface area contributed by atoms with Crippen molar-refractivity contribution in [3.63, 3.8) is 0 Å². The fourth-order valence-electron chi connectivity index (χ4n) is 5.20. The molecule has 0 fully saturated rings. The highest BCUT2D eigenvalue weighted by Crippen LogP contribution is 2.42. The van der Waals surface area contributed by atoms with Crippen LogP contribution in [0.25, 0.3) is 28.1 Å². The molecule has 0 radical (unpaired) electrons. The van der Waals surface area contributed by atoms with Gasteiger partial charge in [0, 0.05) is 30.4 Å². The van der Waals surface area contributed by atoms with Gasteiger partial charge in [0.15, 0.2) is 20.3 Å². The Bertz CT molecular complexity index is 1840. The van der Waals surface area contributed by atoms with Crippen molar-refractivity contribution in [1.82, 2.24) is 39.8 Å². The van der Waals surface area contributed by atoms with Gasteiger partial charge in [-0.3, -0.25) is 4.68 Å². The third-order valence-corrected chi connectivity index (χ3v) is 13.3. The van der Waals surface area contributed by atoms with E-state index >= 15 is 4.39 Å². The molecule has 4 aromatic heterocycles. The van der Waals surface area contributed by atoms with Gasteiger partial charge in [-0.15, -0.1) is 5.10 Å². The lowest BCUT2D eigenvalue weighted by Gasteiger charge is -2.43. The Morgan fingerprint density at radius 2 is 1.78 bits per heavy atom. The molecule has 4 heterocycles. The third kappa shape index (κ3) is 6.57. The second-order valence-electron chi connectivity index (χ2n) is 13.2. The largest absolute Gasteiger partial charge is 0.618 e. The lowest BCUT2D eigenvalue weighted by atomic mass is 9.95. The summed E-state index contributed by atoms with van der Waals surface area (Å²) in [6.45, 7) is 11.8. The number of pyridine rings is 1. The van der Waals surface area contributed by atoms with Crippen molar-refractivity contribution in [3.05, 3.63) is 83.2 Å². The van der Waals surface area contributed by atoms with Crippen LogP contribution in [0.4, 0.5) is 13.2 Å². The normalized spacial score (nSPS) is 13.5. The van der Waals surface area contributed by atoms with Crippen molar-refractivity contribution in [2.75, 3.05) is 0 Å². The summed E-state index contributed by atoms with van der Waals surface area (Å²) in [6, 6.07) is 6.90. The molecule has 0 amide bonds. The first kappa shape index (κ1) is 33.3. The van der Waals surface area contributed by atoms with E-state index in [1.165, 1.54) is 41.7 Å². The maximum atomic E-state index is 15.5. The number of benzene rings is 1. The molecular weight excluding hydrogens is 639 g/mol. The van der Waals surface area contributed by atoms with Crippen LogP contribution in [0.5, 0.6) is 0 Å². The Morgan fingerprint density at radius 3 is 2.41 bits per heavy atom. The number of rotatable bonds is 10. The van der Waals surface area contributed by atoms with Crippen molar-refractivity contribution in [3.8, 4) is 28.1 Å². The van der Waals surface area contributed by atoms with Crippen LogP contribution < -0.4 is 4.73 Å². The van der Waals surface area contributed by atoms with Crippen LogP contribution in [0.2, 0.25) is 23.2 Å². The van der Waals surface area contributed by atoms with Crippen LogP contribution in [-0.2, 0) is 4.43 Å². The highest BCUT2D eigenvalue weighted by atomic mass is 35.5. The first-order chi connectivity index (χ1) is 21.5. The molecule has 0 aliphatic carbocycles. The molecule has 0 saturated heterocycles. The van der Waals surface area contributed by atoms with E-state index in [0.717, 1.165) is 0 Å². The number of halogens is 4. The first-order valence-corrected chi connectivity index (χ1v) is 17.8. The summed E-state index contributed by atoms with van der Waals surface area (Å²) in [5, 5.41) is 33.0. The van der Waals surface area contributed by atoms with Gasteiger partial charge in [0.2, 0.25) is 5.69 Å². The van der Waals surface area contributed by atoms with Gasteiger partial charge in [-0.05, 0) is 66.7 Å². The van der Waals surface area contributed by atoms with Crippen molar-refractivity contribution in [2.45, 2.75) is 77.4 Å². The second-order valence-corrected chi connectivity index (χ2v) is 18.3. The minimum atomic E-state index is -2.84. The summed E-state index contributed by atoms with van der Waals surface area (Å²) in [4.78, 5) is 0. The fourth-order valence-corrected chi connectivity index (χ4v) is 7.13. The number of tetrazole rings is 1. The Morgan fingerprint density at radius 1 is 1.04 bits per heavy atom. The molecule has 1 atom stereocenters. The number of aromatic nitrogens is 9. The molecule has 0 spiro atoms.